The summed E-state index contributed by atoms with van der Waals surface area (Å²) in [6, 6.07) is 9.84. The molecule has 3 rings (SSSR count). The number of fused-ring (bicyclic) bond motifs is 1. The molecule has 1 atom stereocenters. The Hall–Kier alpha value is -2.21. The molecule has 0 fully saturated rings. The SMILES string of the molecule is Cc1cc(C)n2nc(S[C@H](C)C(=O)c3ccc(C(C)(C)C)cc3)nc2n1. The van der Waals surface area contributed by atoms with Gasteiger partial charge in [-0.1, -0.05) is 56.8 Å². The highest BCUT2D eigenvalue weighted by molar-refractivity contribution is 8.00. The van der Waals surface area contributed by atoms with Gasteiger partial charge in [-0.2, -0.15) is 4.98 Å². The van der Waals surface area contributed by atoms with Crippen LogP contribution in [0.15, 0.2) is 35.5 Å². The zero-order chi connectivity index (χ0) is 19.1. The van der Waals surface area contributed by atoms with Crippen molar-refractivity contribution in [3.8, 4) is 0 Å². The monoisotopic (exact) mass is 368 g/mol. The maximum atomic E-state index is 12.7. The summed E-state index contributed by atoms with van der Waals surface area (Å²) in [4.78, 5) is 21.6. The van der Waals surface area contributed by atoms with Crippen molar-refractivity contribution in [2.45, 2.75) is 57.4 Å². The van der Waals surface area contributed by atoms with Gasteiger partial charge in [0.15, 0.2) is 5.78 Å². The quantitative estimate of drug-likeness (QED) is 0.504. The molecule has 6 heteroatoms. The molecule has 3 aromatic rings. The average molecular weight is 369 g/mol. The van der Waals surface area contributed by atoms with E-state index < -0.39 is 0 Å². The molecule has 1 aromatic carbocycles. The summed E-state index contributed by atoms with van der Waals surface area (Å²) in [6.45, 7) is 12.3. The molecule has 0 saturated carbocycles. The van der Waals surface area contributed by atoms with E-state index in [1.165, 1.54) is 17.3 Å². The van der Waals surface area contributed by atoms with E-state index in [0.717, 1.165) is 11.4 Å². The third kappa shape index (κ3) is 3.80. The fourth-order valence-corrected chi connectivity index (χ4v) is 3.60. The summed E-state index contributed by atoms with van der Waals surface area (Å²) in [7, 11) is 0. The lowest BCUT2D eigenvalue weighted by Gasteiger charge is -2.19. The largest absolute Gasteiger partial charge is 0.293 e. The third-order valence-electron chi connectivity index (χ3n) is 4.29. The van der Waals surface area contributed by atoms with Crippen LogP contribution in [0.25, 0.3) is 5.78 Å². The summed E-state index contributed by atoms with van der Waals surface area (Å²) >= 11 is 1.36. The number of nitrogens with zero attached hydrogens (tertiary/aromatic N) is 4. The first kappa shape index (κ1) is 18.6. The second-order valence-electron chi connectivity index (χ2n) is 7.60. The van der Waals surface area contributed by atoms with Crippen molar-refractivity contribution in [1.82, 2.24) is 19.6 Å². The number of hydrogen-bond donors (Lipinski definition) is 0. The van der Waals surface area contributed by atoms with Crippen LogP contribution in [0.1, 0.15) is 55.0 Å². The van der Waals surface area contributed by atoms with Gasteiger partial charge in [-0.05, 0) is 37.8 Å². The maximum Gasteiger partial charge on any atom is 0.253 e. The molecule has 0 spiro atoms. The van der Waals surface area contributed by atoms with Crippen LogP contribution in [-0.4, -0.2) is 30.6 Å². The molecule has 136 valence electrons. The molecule has 0 aliphatic heterocycles. The number of aryl methyl sites for hydroxylation is 2. The van der Waals surface area contributed by atoms with Gasteiger partial charge in [0.2, 0.25) is 5.16 Å². The second kappa shape index (κ2) is 6.83. The van der Waals surface area contributed by atoms with E-state index in [9.17, 15) is 4.79 Å². The number of aromatic nitrogens is 4. The zero-order valence-corrected chi connectivity index (χ0v) is 16.9. The number of ketones is 1. The van der Waals surface area contributed by atoms with Crippen molar-refractivity contribution in [2.75, 3.05) is 0 Å². The molecular formula is C20H24N4OS. The lowest BCUT2D eigenvalue weighted by Crippen LogP contribution is -2.15. The summed E-state index contributed by atoms with van der Waals surface area (Å²) in [6.07, 6.45) is 0. The molecule has 0 bridgehead atoms. The van der Waals surface area contributed by atoms with Gasteiger partial charge in [0, 0.05) is 17.0 Å². The molecule has 0 radical (unpaired) electrons. The second-order valence-corrected chi connectivity index (χ2v) is 8.90. The Balaban J connectivity index is 1.78. The fourth-order valence-electron chi connectivity index (χ4n) is 2.78. The molecule has 2 aromatic heterocycles. The predicted octanol–water partition coefficient (Wildman–Crippen LogP) is 4.40. The zero-order valence-electron chi connectivity index (χ0n) is 16.1. The van der Waals surface area contributed by atoms with Crippen LogP contribution in [0.2, 0.25) is 0 Å². The number of thioether (sulfide) groups is 1. The van der Waals surface area contributed by atoms with Crippen molar-refractivity contribution < 1.29 is 4.79 Å². The molecule has 0 unspecified atom stereocenters. The molecular weight excluding hydrogens is 344 g/mol. The van der Waals surface area contributed by atoms with Gasteiger partial charge in [-0.3, -0.25) is 4.79 Å². The standard InChI is InChI=1S/C20H24N4OS/c1-12-11-13(2)24-18(21-12)22-19(23-24)26-14(3)17(25)15-7-9-16(10-8-15)20(4,5)6/h7-11,14H,1-6H3/t14-/m1/s1. The number of rotatable bonds is 4. The Morgan fingerprint density at radius 2 is 1.77 bits per heavy atom. The molecule has 0 N–H and O–H groups in total. The number of benzene rings is 1. The molecule has 0 amide bonds. The Morgan fingerprint density at radius 1 is 1.12 bits per heavy atom. The number of Topliss-reactive ketones (excluding diaryl/α,β-unsaturated/α-hetero) is 1. The van der Waals surface area contributed by atoms with Crippen LogP contribution >= 0.6 is 11.8 Å². The number of hydrogen-bond acceptors (Lipinski definition) is 5. The van der Waals surface area contributed by atoms with Crippen LogP contribution in [0, 0.1) is 13.8 Å². The molecule has 5 nitrogen and oxygen atoms in total. The molecule has 26 heavy (non-hydrogen) atoms. The van der Waals surface area contributed by atoms with Crippen molar-refractivity contribution in [3.05, 3.63) is 52.8 Å². The van der Waals surface area contributed by atoms with Gasteiger partial charge in [-0.25, -0.2) is 9.50 Å². The Kier molecular flexibility index (Phi) is 4.88. The minimum atomic E-state index is -0.269. The van der Waals surface area contributed by atoms with Crippen molar-refractivity contribution >= 4 is 23.3 Å². The number of carbonyl (C=O) groups excluding carboxylic acids is 1. The summed E-state index contributed by atoms with van der Waals surface area (Å²) in [5.74, 6) is 0.648. The summed E-state index contributed by atoms with van der Waals surface area (Å²) < 4.78 is 1.71. The van der Waals surface area contributed by atoms with E-state index in [1.807, 2.05) is 51.1 Å². The average Bonchev–Trinajstić information content (AvgIpc) is 2.96. The van der Waals surface area contributed by atoms with E-state index >= 15 is 0 Å². The van der Waals surface area contributed by atoms with E-state index in [1.54, 1.807) is 4.52 Å². The van der Waals surface area contributed by atoms with Crippen molar-refractivity contribution in [3.63, 3.8) is 0 Å². The minimum absolute atomic E-state index is 0.0748. The van der Waals surface area contributed by atoms with E-state index in [0.29, 0.717) is 16.5 Å². The Bertz CT molecular complexity index is 954. The highest BCUT2D eigenvalue weighted by Gasteiger charge is 2.20. The lowest BCUT2D eigenvalue weighted by atomic mass is 9.86. The van der Waals surface area contributed by atoms with Gasteiger partial charge < -0.3 is 0 Å². The van der Waals surface area contributed by atoms with Gasteiger partial charge in [0.25, 0.3) is 5.78 Å². The van der Waals surface area contributed by atoms with Gasteiger partial charge in [0.05, 0.1) is 5.25 Å². The van der Waals surface area contributed by atoms with E-state index in [4.69, 9.17) is 0 Å². The van der Waals surface area contributed by atoms with Crippen LogP contribution < -0.4 is 0 Å². The first-order valence-corrected chi connectivity index (χ1v) is 9.55. The molecule has 2 heterocycles. The molecule has 0 saturated heterocycles. The van der Waals surface area contributed by atoms with E-state index in [-0.39, 0.29) is 16.4 Å². The van der Waals surface area contributed by atoms with Gasteiger partial charge in [-0.15, -0.1) is 5.10 Å². The minimum Gasteiger partial charge on any atom is -0.293 e. The summed E-state index contributed by atoms with van der Waals surface area (Å²) in [5.41, 5.74) is 3.89. The first-order valence-electron chi connectivity index (χ1n) is 8.67. The van der Waals surface area contributed by atoms with Gasteiger partial charge in [0.1, 0.15) is 0 Å². The van der Waals surface area contributed by atoms with E-state index in [2.05, 4.69) is 35.8 Å². The van der Waals surface area contributed by atoms with Crippen LogP contribution in [0.5, 0.6) is 0 Å². The summed E-state index contributed by atoms with van der Waals surface area (Å²) in [5, 5.41) is 4.77. The van der Waals surface area contributed by atoms with Crippen LogP contribution in [-0.2, 0) is 5.41 Å². The molecule has 0 aliphatic rings. The van der Waals surface area contributed by atoms with Crippen molar-refractivity contribution in [2.24, 2.45) is 0 Å². The topological polar surface area (TPSA) is 60.2 Å². The Labute approximate surface area is 158 Å². The fraction of sp³-hybridized carbons (Fsp3) is 0.400. The first-order chi connectivity index (χ1) is 12.1. The van der Waals surface area contributed by atoms with Crippen LogP contribution in [0.3, 0.4) is 0 Å². The smallest absolute Gasteiger partial charge is 0.253 e. The highest BCUT2D eigenvalue weighted by Crippen LogP contribution is 2.26. The predicted molar refractivity (Wildman–Crippen MR) is 105 cm³/mol. The third-order valence-corrected chi connectivity index (χ3v) is 5.24. The highest BCUT2D eigenvalue weighted by atomic mass is 32.2. The van der Waals surface area contributed by atoms with Gasteiger partial charge >= 0.3 is 0 Å². The maximum absolute atomic E-state index is 12.7. The lowest BCUT2D eigenvalue weighted by molar-refractivity contribution is 0.0994. The normalized spacial score (nSPS) is 13.2. The van der Waals surface area contributed by atoms with Crippen LogP contribution in [0.4, 0.5) is 0 Å². The Morgan fingerprint density at radius 3 is 2.38 bits per heavy atom. The van der Waals surface area contributed by atoms with Crippen molar-refractivity contribution in [1.29, 1.82) is 0 Å². The number of carbonyl (C=O) groups is 1. The molecule has 0 aliphatic carbocycles.